The topological polar surface area (TPSA) is 62.6 Å². The molecule has 0 bridgehead atoms. The SMILES string of the molecule is C[C@@H]1CN(S(C)(=O)=O)CC[C@@H]1NCc1ccco1. The molecule has 1 N–H and O–H groups in total. The van der Waals surface area contributed by atoms with E-state index in [0.717, 1.165) is 12.2 Å². The third-order valence-electron chi connectivity index (χ3n) is 3.46. The average Bonchev–Trinajstić information content (AvgIpc) is 2.79. The summed E-state index contributed by atoms with van der Waals surface area (Å²) < 4.78 is 29.8. The Bertz CT molecular complexity index is 470. The van der Waals surface area contributed by atoms with E-state index >= 15 is 0 Å². The summed E-state index contributed by atoms with van der Waals surface area (Å²) in [5, 5.41) is 3.43. The number of piperidine rings is 1. The molecule has 1 aliphatic heterocycles. The summed E-state index contributed by atoms with van der Waals surface area (Å²) in [5.74, 6) is 1.22. The molecule has 0 amide bonds. The summed E-state index contributed by atoms with van der Waals surface area (Å²) in [6.07, 6.45) is 3.78. The van der Waals surface area contributed by atoms with E-state index in [-0.39, 0.29) is 0 Å². The first-order chi connectivity index (χ1) is 8.47. The molecule has 1 aliphatic rings. The first kappa shape index (κ1) is 13.6. The molecular weight excluding hydrogens is 252 g/mol. The van der Waals surface area contributed by atoms with Crippen molar-refractivity contribution < 1.29 is 12.8 Å². The molecule has 5 nitrogen and oxygen atoms in total. The van der Waals surface area contributed by atoms with Gasteiger partial charge in [-0.15, -0.1) is 0 Å². The maximum atomic E-state index is 11.5. The van der Waals surface area contributed by atoms with Gasteiger partial charge in [0.05, 0.1) is 19.1 Å². The van der Waals surface area contributed by atoms with Gasteiger partial charge in [0.1, 0.15) is 5.76 Å². The molecule has 2 atom stereocenters. The monoisotopic (exact) mass is 272 g/mol. The molecule has 1 saturated heterocycles. The van der Waals surface area contributed by atoms with Crippen LogP contribution in [-0.4, -0.2) is 38.1 Å². The van der Waals surface area contributed by atoms with Gasteiger partial charge in [-0.05, 0) is 24.5 Å². The van der Waals surface area contributed by atoms with Crippen LogP contribution in [0.25, 0.3) is 0 Å². The number of furan rings is 1. The van der Waals surface area contributed by atoms with E-state index in [9.17, 15) is 8.42 Å². The molecule has 1 fully saturated rings. The fourth-order valence-corrected chi connectivity index (χ4v) is 3.30. The molecule has 2 rings (SSSR count). The van der Waals surface area contributed by atoms with Crippen molar-refractivity contribution >= 4 is 10.0 Å². The van der Waals surface area contributed by atoms with Crippen molar-refractivity contribution in [1.29, 1.82) is 0 Å². The van der Waals surface area contributed by atoms with Crippen molar-refractivity contribution in [3.05, 3.63) is 24.2 Å². The van der Waals surface area contributed by atoms with E-state index in [0.29, 0.717) is 31.6 Å². The third-order valence-corrected chi connectivity index (χ3v) is 4.73. The maximum absolute atomic E-state index is 11.5. The van der Waals surface area contributed by atoms with Crippen LogP contribution in [0.3, 0.4) is 0 Å². The van der Waals surface area contributed by atoms with Crippen LogP contribution in [0.1, 0.15) is 19.1 Å². The van der Waals surface area contributed by atoms with Crippen LogP contribution in [0.4, 0.5) is 0 Å². The van der Waals surface area contributed by atoms with Crippen LogP contribution < -0.4 is 5.32 Å². The third kappa shape index (κ3) is 3.34. The number of hydrogen-bond acceptors (Lipinski definition) is 4. The summed E-state index contributed by atoms with van der Waals surface area (Å²) in [6.45, 7) is 3.96. The van der Waals surface area contributed by atoms with Crippen LogP contribution in [0.15, 0.2) is 22.8 Å². The number of hydrogen-bond donors (Lipinski definition) is 1. The van der Waals surface area contributed by atoms with Gasteiger partial charge < -0.3 is 9.73 Å². The highest BCUT2D eigenvalue weighted by Crippen LogP contribution is 2.19. The molecular formula is C12H20N2O3S. The lowest BCUT2D eigenvalue weighted by atomic mass is 9.95. The van der Waals surface area contributed by atoms with E-state index in [2.05, 4.69) is 12.2 Å². The van der Waals surface area contributed by atoms with Gasteiger partial charge in [-0.1, -0.05) is 6.92 Å². The zero-order valence-electron chi connectivity index (χ0n) is 10.8. The summed E-state index contributed by atoms with van der Waals surface area (Å²) in [5.41, 5.74) is 0. The second kappa shape index (κ2) is 5.42. The number of nitrogens with zero attached hydrogens (tertiary/aromatic N) is 1. The van der Waals surface area contributed by atoms with Crippen LogP contribution in [0.5, 0.6) is 0 Å². The Hall–Kier alpha value is -0.850. The van der Waals surface area contributed by atoms with Crippen LogP contribution in [0, 0.1) is 5.92 Å². The fraction of sp³-hybridized carbons (Fsp3) is 0.667. The molecule has 0 spiro atoms. The van der Waals surface area contributed by atoms with Crippen molar-refractivity contribution in [2.45, 2.75) is 25.9 Å². The molecule has 2 heterocycles. The highest BCUT2D eigenvalue weighted by atomic mass is 32.2. The van der Waals surface area contributed by atoms with Crippen molar-refractivity contribution in [2.75, 3.05) is 19.3 Å². The number of sulfonamides is 1. The summed E-state index contributed by atoms with van der Waals surface area (Å²) >= 11 is 0. The highest BCUT2D eigenvalue weighted by Gasteiger charge is 2.30. The Morgan fingerprint density at radius 2 is 2.33 bits per heavy atom. The smallest absolute Gasteiger partial charge is 0.211 e. The Balaban J connectivity index is 1.86. The van der Waals surface area contributed by atoms with Crippen LogP contribution in [0.2, 0.25) is 0 Å². The molecule has 6 heteroatoms. The Morgan fingerprint density at radius 3 is 2.89 bits per heavy atom. The predicted molar refractivity (Wildman–Crippen MR) is 69.5 cm³/mol. The highest BCUT2D eigenvalue weighted by molar-refractivity contribution is 7.88. The molecule has 0 saturated carbocycles. The lowest BCUT2D eigenvalue weighted by Gasteiger charge is -2.35. The Labute approximate surface area is 108 Å². The number of rotatable bonds is 4. The van der Waals surface area contributed by atoms with E-state index in [1.807, 2.05) is 12.1 Å². The zero-order valence-corrected chi connectivity index (χ0v) is 11.6. The second-order valence-corrected chi connectivity index (χ2v) is 6.94. The molecule has 18 heavy (non-hydrogen) atoms. The molecule has 0 unspecified atom stereocenters. The minimum Gasteiger partial charge on any atom is -0.468 e. The van der Waals surface area contributed by atoms with Gasteiger partial charge in [0.25, 0.3) is 0 Å². The lowest BCUT2D eigenvalue weighted by Crippen LogP contribution is -2.49. The summed E-state index contributed by atoms with van der Waals surface area (Å²) in [4.78, 5) is 0. The minimum atomic E-state index is -3.05. The quantitative estimate of drug-likeness (QED) is 0.889. The lowest BCUT2D eigenvalue weighted by molar-refractivity contribution is 0.217. The van der Waals surface area contributed by atoms with Gasteiger partial charge in [0.2, 0.25) is 10.0 Å². The molecule has 0 aliphatic carbocycles. The maximum Gasteiger partial charge on any atom is 0.211 e. The van der Waals surface area contributed by atoms with Gasteiger partial charge in [0, 0.05) is 19.1 Å². The normalized spacial score (nSPS) is 26.3. The van der Waals surface area contributed by atoms with Crippen molar-refractivity contribution in [3.8, 4) is 0 Å². The second-order valence-electron chi connectivity index (χ2n) is 4.95. The molecule has 0 radical (unpaired) electrons. The van der Waals surface area contributed by atoms with E-state index in [1.54, 1.807) is 10.6 Å². The van der Waals surface area contributed by atoms with Crippen molar-refractivity contribution in [1.82, 2.24) is 9.62 Å². The largest absolute Gasteiger partial charge is 0.468 e. The first-order valence-corrected chi connectivity index (χ1v) is 8.02. The van der Waals surface area contributed by atoms with Gasteiger partial charge >= 0.3 is 0 Å². The zero-order chi connectivity index (χ0) is 13.2. The minimum absolute atomic E-state index is 0.309. The Morgan fingerprint density at radius 1 is 1.56 bits per heavy atom. The van der Waals surface area contributed by atoms with Crippen molar-refractivity contribution in [3.63, 3.8) is 0 Å². The van der Waals surface area contributed by atoms with Crippen molar-refractivity contribution in [2.24, 2.45) is 5.92 Å². The molecule has 0 aromatic carbocycles. The molecule has 102 valence electrons. The Kier molecular flexibility index (Phi) is 4.09. The molecule has 1 aromatic heterocycles. The summed E-state index contributed by atoms with van der Waals surface area (Å²) in [7, 11) is -3.05. The predicted octanol–water partition coefficient (Wildman–Crippen LogP) is 1.04. The van der Waals surface area contributed by atoms with Crippen LogP contribution >= 0.6 is 0 Å². The van der Waals surface area contributed by atoms with Gasteiger partial charge in [0.15, 0.2) is 0 Å². The van der Waals surface area contributed by atoms with E-state index in [1.165, 1.54) is 6.26 Å². The van der Waals surface area contributed by atoms with Crippen LogP contribution in [-0.2, 0) is 16.6 Å². The summed E-state index contributed by atoms with van der Waals surface area (Å²) in [6, 6.07) is 4.14. The van der Waals surface area contributed by atoms with E-state index < -0.39 is 10.0 Å². The molecule has 1 aromatic rings. The standard InChI is InChI=1S/C12H20N2O3S/c1-10-9-14(18(2,15)16)6-5-12(10)13-8-11-4-3-7-17-11/h3-4,7,10,12-13H,5-6,8-9H2,1-2H3/t10-,12+/m1/s1. The van der Waals surface area contributed by atoms with Gasteiger partial charge in [-0.3, -0.25) is 0 Å². The number of nitrogens with one attached hydrogen (secondary N) is 1. The van der Waals surface area contributed by atoms with Gasteiger partial charge in [-0.2, -0.15) is 0 Å². The van der Waals surface area contributed by atoms with E-state index in [4.69, 9.17) is 4.42 Å². The first-order valence-electron chi connectivity index (χ1n) is 6.17. The fourth-order valence-electron chi connectivity index (χ4n) is 2.36. The average molecular weight is 272 g/mol. The van der Waals surface area contributed by atoms with Gasteiger partial charge in [-0.25, -0.2) is 12.7 Å².